The van der Waals surface area contributed by atoms with E-state index in [1.165, 1.54) is 0 Å². The highest BCUT2D eigenvalue weighted by Crippen LogP contribution is 2.15. The van der Waals surface area contributed by atoms with Crippen molar-refractivity contribution in [3.05, 3.63) is 35.9 Å². The van der Waals surface area contributed by atoms with Crippen molar-refractivity contribution >= 4 is 95.4 Å². The maximum absolute atomic E-state index is 15.3. The normalized spacial score (nSPS) is 20.1. The van der Waals surface area contributed by atoms with Gasteiger partial charge in [0, 0.05) is 45.7 Å². The Morgan fingerprint density at radius 3 is 1.27 bits per heavy atom. The van der Waals surface area contributed by atoms with Crippen LogP contribution in [0.5, 0.6) is 0 Å². The van der Waals surface area contributed by atoms with Gasteiger partial charge in [-0.25, -0.2) is 24.0 Å². The Balaban J connectivity index is 3.02. The number of hydrogen-bond donors (Lipinski definition) is 19. The summed E-state index contributed by atoms with van der Waals surface area (Å²) in [6.45, 7) is 26.5. The molecule has 2 rings (SSSR count). The summed E-state index contributed by atoms with van der Waals surface area (Å²) in [6, 6.07) is -9.20. The Morgan fingerprint density at radius 2 is 0.842 bits per heavy atom. The second-order valence-corrected chi connectivity index (χ2v) is 32.8. The topological polar surface area (TPSA) is 578 Å². The monoisotopic (exact) mass is 1620 g/mol. The van der Waals surface area contributed by atoms with Crippen LogP contribution in [0.3, 0.4) is 0 Å². The van der Waals surface area contributed by atoms with E-state index in [1.54, 1.807) is 148 Å². The van der Waals surface area contributed by atoms with Crippen LogP contribution in [0.15, 0.2) is 30.3 Å². The number of ether oxygens (including phenoxy) is 5. The van der Waals surface area contributed by atoms with Gasteiger partial charge < -0.3 is 125 Å². The highest BCUT2D eigenvalue weighted by molar-refractivity contribution is 5.99. The second-order valence-electron chi connectivity index (χ2n) is 32.8. The van der Waals surface area contributed by atoms with Crippen molar-refractivity contribution in [2.24, 2.45) is 11.7 Å². The largest absolute Gasteiger partial charge is 0.444 e. The maximum Gasteiger partial charge on any atom is 0.408 e. The standard InChI is InChI=1S/C74H125N17O23/c1-40(2)37-50-61(101)86-46(27-33-78-65(105)110-70(5,6)7)57(97)85-49(30-36-81-68(108)113-73(14,15)16)60(100)91-53(41(3)92)63(103)77-32-26-45(56(96)84-47(28-34-79-66(106)111-71(8,9)10)59(99)89-51(62(102)88-50)38-43-23-21-20-22-24-43)83-58(98)48(29-35-80-67(107)112-72(11,12)13)87-64(104)54(42(4)93)90-55(95)44(75)25-31-76-52(94)39-82-69(109)114-74(17,18)19/h20-24,40-42,44-51,53-54,92-93H,25-39,75H2,1-19H3,(H,76,94)(H,77,103)(H,78,105)(H,79,106)(H,80,107)(H,81,108)(H,82,109)(H,83,98)(H,84,96)(H,85,97)(H,86,101)(H,87,104)(H,88,102)(H,89,99)(H,90,95)(H,91,100)/t41-,42?,44-,45-,46-,47-,48-,49-,50-,51+,53-,54-/m0/s1. The first-order valence-corrected chi connectivity index (χ1v) is 37.9. The number of nitrogens with two attached hydrogens (primary N) is 1. The number of aliphatic hydroxyl groups is 2. The fourth-order valence-corrected chi connectivity index (χ4v) is 10.3. The number of rotatable bonds is 29. The molecule has 114 heavy (non-hydrogen) atoms. The molecule has 0 aliphatic carbocycles. The number of hydrogen-bond acceptors (Lipinski definition) is 24. The molecule has 40 nitrogen and oxygen atoms in total. The summed E-state index contributed by atoms with van der Waals surface area (Å²) >= 11 is 0. The molecule has 1 aliphatic rings. The highest BCUT2D eigenvalue weighted by Gasteiger charge is 2.39. The van der Waals surface area contributed by atoms with Crippen molar-refractivity contribution in [2.75, 3.05) is 45.8 Å². The SMILES string of the molecule is CC(C)C[C@@H]1NC(=O)[C@@H](Cc2ccccc2)NC(=O)[C@H](CCNC(=O)OC(C)(C)C)NC(=O)[C@@H](NC(=O)[C@H](CCNC(=O)OC(C)(C)C)NC(=O)[C@@H](NC(=O)[C@@H](N)CCNC(=O)CNC(=O)OC(C)(C)C)C(C)O)CCNC(=O)[C@H]([C@H](C)O)NC(=O)[C@H](CCNC(=O)OC(C)(C)C)NC(=O)[C@H](CCNC(=O)OC(C)(C)C)NC1=O. The first-order chi connectivity index (χ1) is 52.6. The zero-order valence-electron chi connectivity index (χ0n) is 69.0. The molecule has 0 aromatic heterocycles. The van der Waals surface area contributed by atoms with Crippen LogP contribution < -0.4 is 90.8 Å². The van der Waals surface area contributed by atoms with Gasteiger partial charge in [-0.15, -0.1) is 0 Å². The summed E-state index contributed by atoms with van der Waals surface area (Å²) in [5.74, 6) is -12.3. The molecule has 1 fully saturated rings. The van der Waals surface area contributed by atoms with E-state index in [0.29, 0.717) is 5.56 Å². The summed E-state index contributed by atoms with van der Waals surface area (Å²) in [5.41, 5.74) is 1.74. The van der Waals surface area contributed by atoms with Gasteiger partial charge >= 0.3 is 30.5 Å². The fourth-order valence-electron chi connectivity index (χ4n) is 10.3. The van der Waals surface area contributed by atoms with E-state index >= 15 is 19.2 Å². The Hall–Kier alpha value is -10.4. The zero-order valence-corrected chi connectivity index (χ0v) is 69.0. The van der Waals surface area contributed by atoms with E-state index < -0.39 is 261 Å². The van der Waals surface area contributed by atoms with Gasteiger partial charge in [-0.1, -0.05) is 44.2 Å². The third-order valence-corrected chi connectivity index (χ3v) is 15.6. The quantitative estimate of drug-likeness (QED) is 0.0425. The van der Waals surface area contributed by atoms with Crippen LogP contribution in [-0.2, 0) is 82.8 Å². The molecular formula is C74H125N17O23. The molecule has 40 heteroatoms. The average molecular weight is 1620 g/mol. The minimum Gasteiger partial charge on any atom is -0.444 e. The van der Waals surface area contributed by atoms with Crippen molar-refractivity contribution in [1.82, 2.24) is 85.1 Å². The Morgan fingerprint density at radius 1 is 0.456 bits per heavy atom. The first kappa shape index (κ1) is 99.7. The molecule has 0 spiro atoms. The Labute approximate surface area is 665 Å². The number of benzene rings is 1. The number of carbonyl (C=O) groups excluding carboxylic acids is 16. The summed E-state index contributed by atoms with van der Waals surface area (Å²) in [7, 11) is 0. The van der Waals surface area contributed by atoms with Crippen molar-refractivity contribution < 1.29 is 111 Å². The predicted molar refractivity (Wildman–Crippen MR) is 413 cm³/mol. The zero-order chi connectivity index (χ0) is 86.8. The Bertz CT molecular complexity index is 3420. The van der Waals surface area contributed by atoms with Crippen molar-refractivity contribution in [3.8, 4) is 0 Å². The van der Waals surface area contributed by atoms with Crippen LogP contribution in [-0.4, -0.2) is 252 Å². The minimum atomic E-state index is -1.94. The highest BCUT2D eigenvalue weighted by atomic mass is 16.6. The molecule has 16 amide bonds. The van der Waals surface area contributed by atoms with Gasteiger partial charge in [0.05, 0.1) is 24.8 Å². The fraction of sp³-hybridized carbons (Fsp3) is 0.703. The number of alkyl carbamates (subject to hydrolysis) is 5. The summed E-state index contributed by atoms with van der Waals surface area (Å²) < 4.78 is 26.6. The lowest BCUT2D eigenvalue weighted by atomic mass is 10.00. The van der Waals surface area contributed by atoms with E-state index in [-0.39, 0.29) is 38.3 Å². The molecule has 20 N–H and O–H groups in total. The molecule has 1 aromatic carbocycles. The van der Waals surface area contributed by atoms with Crippen molar-refractivity contribution in [1.29, 1.82) is 0 Å². The van der Waals surface area contributed by atoms with Gasteiger partial charge in [-0.3, -0.25) is 52.7 Å². The van der Waals surface area contributed by atoms with Gasteiger partial charge in [0.15, 0.2) is 0 Å². The number of amides is 16. The number of carbonyl (C=O) groups is 16. The smallest absolute Gasteiger partial charge is 0.408 e. The number of nitrogens with one attached hydrogen (secondary N) is 16. The molecule has 1 saturated heterocycles. The van der Waals surface area contributed by atoms with E-state index in [9.17, 15) is 67.7 Å². The van der Waals surface area contributed by atoms with Crippen LogP contribution in [0.1, 0.15) is 182 Å². The second kappa shape index (κ2) is 46.7. The lowest BCUT2D eigenvalue weighted by Crippen LogP contribution is -2.62. The summed E-state index contributed by atoms with van der Waals surface area (Å²) in [4.78, 5) is 224. The molecule has 0 bridgehead atoms. The van der Waals surface area contributed by atoms with Gasteiger partial charge in [-0.05, 0) is 174 Å². The van der Waals surface area contributed by atoms with Crippen molar-refractivity contribution in [2.45, 2.75) is 284 Å². The van der Waals surface area contributed by atoms with E-state index in [0.717, 1.165) is 13.8 Å². The van der Waals surface area contributed by atoms with Crippen LogP contribution >= 0.6 is 0 Å². The molecular weight excluding hydrogens is 1490 g/mol. The average Bonchev–Trinajstić information content (AvgIpc) is 0.982. The molecule has 644 valence electrons. The third-order valence-electron chi connectivity index (χ3n) is 15.6. The van der Waals surface area contributed by atoms with Crippen LogP contribution in [0.4, 0.5) is 24.0 Å². The molecule has 12 atom stereocenters. The summed E-state index contributed by atoms with van der Waals surface area (Å²) in [5, 5.41) is 62.1. The van der Waals surface area contributed by atoms with Gasteiger partial charge in [-0.2, -0.15) is 0 Å². The van der Waals surface area contributed by atoms with E-state index in [4.69, 9.17) is 29.4 Å². The minimum absolute atomic E-state index is 0.123. The molecule has 1 aromatic rings. The van der Waals surface area contributed by atoms with Crippen LogP contribution in [0.25, 0.3) is 0 Å². The molecule has 1 heterocycles. The predicted octanol–water partition coefficient (Wildman–Crippen LogP) is -1.06. The molecule has 0 saturated carbocycles. The Kier molecular flexibility index (Phi) is 40.9. The van der Waals surface area contributed by atoms with E-state index in [1.807, 2.05) is 0 Å². The van der Waals surface area contributed by atoms with E-state index in [2.05, 4.69) is 85.1 Å². The van der Waals surface area contributed by atoms with Crippen LogP contribution in [0.2, 0.25) is 0 Å². The van der Waals surface area contributed by atoms with Gasteiger partial charge in [0.2, 0.25) is 65.0 Å². The first-order valence-electron chi connectivity index (χ1n) is 37.9. The molecule has 0 radical (unpaired) electrons. The van der Waals surface area contributed by atoms with Crippen LogP contribution in [0, 0.1) is 5.92 Å². The maximum atomic E-state index is 15.3. The third kappa shape index (κ3) is 42.5. The van der Waals surface area contributed by atoms with Crippen molar-refractivity contribution in [3.63, 3.8) is 0 Å². The van der Waals surface area contributed by atoms with Gasteiger partial charge in [0.1, 0.15) is 82.4 Å². The summed E-state index contributed by atoms with van der Waals surface area (Å²) in [6.07, 6.45) is -11.4. The van der Waals surface area contributed by atoms with Gasteiger partial charge in [0.25, 0.3) is 0 Å². The molecule has 1 unspecified atom stereocenters. The lowest BCUT2D eigenvalue weighted by molar-refractivity contribution is -0.136. The number of aliphatic hydroxyl groups excluding tert-OH is 2. The molecule has 1 aliphatic heterocycles. The lowest BCUT2D eigenvalue weighted by Gasteiger charge is -2.29.